The first-order valence-electron chi connectivity index (χ1n) is 7.84. The Morgan fingerprint density at radius 2 is 1.84 bits per heavy atom. The van der Waals surface area contributed by atoms with Crippen LogP contribution in [0.1, 0.15) is 26.7 Å². The van der Waals surface area contributed by atoms with Crippen LogP contribution in [0.25, 0.3) is 0 Å². The van der Waals surface area contributed by atoms with Crippen molar-refractivity contribution >= 4 is 61.7 Å². The number of hydrogen-bond donors (Lipinski definition) is 2. The van der Waals surface area contributed by atoms with Crippen LogP contribution in [-0.2, 0) is 9.59 Å². The Labute approximate surface area is 163 Å². The Morgan fingerprint density at radius 3 is 2.48 bits per heavy atom. The quantitative estimate of drug-likeness (QED) is 0.467. The number of aromatic nitrogens is 2. The lowest BCUT2D eigenvalue weighted by atomic mass is 10.0. The maximum Gasteiger partial charge on any atom is 0.234 e. The summed E-state index contributed by atoms with van der Waals surface area (Å²) in [5, 5.41) is 14.0. The van der Waals surface area contributed by atoms with Crippen molar-refractivity contribution in [2.75, 3.05) is 16.4 Å². The van der Waals surface area contributed by atoms with E-state index >= 15 is 0 Å². The molecule has 0 radical (unpaired) electrons. The third kappa shape index (κ3) is 6.41. The Hall–Kier alpha value is -1.45. The van der Waals surface area contributed by atoms with Crippen molar-refractivity contribution in [1.29, 1.82) is 0 Å². The summed E-state index contributed by atoms with van der Waals surface area (Å²) in [6.45, 7) is 3.97. The van der Waals surface area contributed by atoms with Gasteiger partial charge in [0.2, 0.25) is 16.9 Å². The van der Waals surface area contributed by atoms with Crippen LogP contribution in [0.3, 0.4) is 0 Å². The number of anilines is 2. The number of thioether (sulfide) groups is 1. The molecule has 0 saturated heterocycles. The Morgan fingerprint density at radius 1 is 1.16 bits per heavy atom. The van der Waals surface area contributed by atoms with Gasteiger partial charge in [-0.25, -0.2) is 0 Å². The minimum atomic E-state index is -0.120. The fourth-order valence-electron chi connectivity index (χ4n) is 2.04. The van der Waals surface area contributed by atoms with Gasteiger partial charge in [0.15, 0.2) is 4.34 Å². The highest BCUT2D eigenvalue weighted by atomic mass is 79.9. The molecule has 2 amide bonds. The van der Waals surface area contributed by atoms with Crippen LogP contribution < -0.4 is 10.6 Å². The zero-order valence-corrected chi connectivity index (χ0v) is 17.1. The summed E-state index contributed by atoms with van der Waals surface area (Å²) in [5.41, 5.74) is 0.740. The van der Waals surface area contributed by atoms with E-state index < -0.39 is 0 Å². The van der Waals surface area contributed by atoms with Gasteiger partial charge < -0.3 is 10.6 Å². The van der Waals surface area contributed by atoms with E-state index in [4.69, 9.17) is 0 Å². The third-order valence-corrected chi connectivity index (χ3v) is 5.95. The average Bonchev–Trinajstić information content (AvgIpc) is 3.03. The summed E-state index contributed by atoms with van der Waals surface area (Å²) in [6.07, 6.45) is 1.58. The third-order valence-electron chi connectivity index (χ3n) is 3.45. The zero-order valence-electron chi connectivity index (χ0n) is 13.9. The molecule has 0 aliphatic heterocycles. The Bertz CT molecular complexity index is 717. The molecule has 6 nitrogen and oxygen atoms in total. The maximum atomic E-state index is 12.0. The van der Waals surface area contributed by atoms with Crippen LogP contribution in [0.2, 0.25) is 0 Å². The molecule has 0 bridgehead atoms. The van der Waals surface area contributed by atoms with Crippen molar-refractivity contribution in [2.24, 2.45) is 5.92 Å². The van der Waals surface area contributed by atoms with Crippen molar-refractivity contribution in [2.45, 2.75) is 31.0 Å². The van der Waals surface area contributed by atoms with Crippen molar-refractivity contribution in [3.8, 4) is 0 Å². The molecule has 2 N–H and O–H groups in total. The highest BCUT2D eigenvalue weighted by molar-refractivity contribution is 9.10. The Balaban J connectivity index is 1.81. The van der Waals surface area contributed by atoms with Crippen LogP contribution in [0, 0.1) is 5.92 Å². The SMILES string of the molecule is CCC(CC)C(=O)Nc1nnc(SCC(=O)Nc2ccc(Br)cc2)s1. The van der Waals surface area contributed by atoms with Gasteiger partial charge >= 0.3 is 0 Å². The van der Waals surface area contributed by atoms with Gasteiger partial charge in [0, 0.05) is 16.1 Å². The van der Waals surface area contributed by atoms with Gasteiger partial charge in [-0.15, -0.1) is 10.2 Å². The number of nitrogens with zero attached hydrogens (tertiary/aromatic N) is 2. The van der Waals surface area contributed by atoms with E-state index in [0.717, 1.165) is 23.0 Å². The molecule has 1 aromatic heterocycles. The van der Waals surface area contributed by atoms with Gasteiger partial charge in [0.05, 0.1) is 5.75 Å². The smallest absolute Gasteiger partial charge is 0.234 e. The van der Waals surface area contributed by atoms with Crippen LogP contribution in [0.15, 0.2) is 33.1 Å². The van der Waals surface area contributed by atoms with E-state index in [0.29, 0.717) is 9.47 Å². The predicted molar refractivity (Wildman–Crippen MR) is 106 cm³/mol. The van der Waals surface area contributed by atoms with Crippen molar-refractivity contribution in [3.05, 3.63) is 28.7 Å². The van der Waals surface area contributed by atoms with E-state index in [1.807, 2.05) is 38.1 Å². The summed E-state index contributed by atoms with van der Waals surface area (Å²) in [7, 11) is 0. The summed E-state index contributed by atoms with van der Waals surface area (Å²) in [6, 6.07) is 7.37. The zero-order chi connectivity index (χ0) is 18.2. The molecule has 1 aromatic carbocycles. The molecular weight excluding hydrogens is 424 g/mol. The monoisotopic (exact) mass is 442 g/mol. The van der Waals surface area contributed by atoms with Crippen molar-refractivity contribution < 1.29 is 9.59 Å². The van der Waals surface area contributed by atoms with E-state index in [1.54, 1.807) is 0 Å². The van der Waals surface area contributed by atoms with Crippen molar-refractivity contribution in [1.82, 2.24) is 10.2 Å². The molecule has 9 heteroatoms. The number of nitrogens with one attached hydrogen (secondary N) is 2. The number of carbonyl (C=O) groups is 2. The Kier molecular flexibility index (Phi) is 7.86. The number of amides is 2. The average molecular weight is 443 g/mol. The molecule has 0 unspecified atom stereocenters. The summed E-state index contributed by atoms with van der Waals surface area (Å²) >= 11 is 5.91. The molecule has 0 atom stereocenters. The maximum absolute atomic E-state index is 12.0. The lowest BCUT2D eigenvalue weighted by Crippen LogP contribution is -2.21. The van der Waals surface area contributed by atoms with Gasteiger partial charge in [-0.05, 0) is 37.1 Å². The molecule has 0 fully saturated rings. The summed E-state index contributed by atoms with van der Waals surface area (Å²) < 4.78 is 1.60. The molecular formula is C16H19BrN4O2S2. The minimum absolute atomic E-state index is 0.0170. The first-order chi connectivity index (χ1) is 12.0. The first kappa shape index (κ1) is 19.9. The lowest BCUT2D eigenvalue weighted by molar-refractivity contribution is -0.120. The normalized spacial score (nSPS) is 10.7. The number of halogens is 1. The number of benzene rings is 1. The second kappa shape index (κ2) is 9.88. The molecule has 0 aliphatic carbocycles. The van der Waals surface area contributed by atoms with Crippen LogP contribution in [0.4, 0.5) is 10.8 Å². The van der Waals surface area contributed by atoms with E-state index in [-0.39, 0.29) is 23.5 Å². The van der Waals surface area contributed by atoms with Gasteiger partial charge in [-0.3, -0.25) is 9.59 Å². The molecule has 134 valence electrons. The van der Waals surface area contributed by atoms with Crippen LogP contribution in [-0.4, -0.2) is 27.8 Å². The molecule has 0 aliphatic rings. The molecule has 2 aromatic rings. The fraction of sp³-hybridized carbons (Fsp3) is 0.375. The highest BCUT2D eigenvalue weighted by Gasteiger charge is 2.16. The molecule has 25 heavy (non-hydrogen) atoms. The van der Waals surface area contributed by atoms with Gasteiger partial charge in [0.1, 0.15) is 0 Å². The molecule has 0 spiro atoms. The topological polar surface area (TPSA) is 84.0 Å². The second-order valence-electron chi connectivity index (χ2n) is 5.22. The predicted octanol–water partition coefficient (Wildman–Crippen LogP) is 4.41. The molecule has 2 rings (SSSR count). The lowest BCUT2D eigenvalue weighted by Gasteiger charge is -2.09. The second-order valence-corrected chi connectivity index (χ2v) is 8.34. The van der Waals surface area contributed by atoms with E-state index in [9.17, 15) is 9.59 Å². The van der Waals surface area contributed by atoms with Gasteiger partial charge in [0.25, 0.3) is 0 Å². The largest absolute Gasteiger partial charge is 0.325 e. The molecule has 1 heterocycles. The fourth-order valence-corrected chi connectivity index (χ4v) is 3.86. The first-order valence-corrected chi connectivity index (χ1v) is 10.4. The number of hydrogen-bond acceptors (Lipinski definition) is 6. The minimum Gasteiger partial charge on any atom is -0.325 e. The summed E-state index contributed by atoms with van der Waals surface area (Å²) in [4.78, 5) is 24.0. The van der Waals surface area contributed by atoms with E-state index in [1.165, 1.54) is 23.1 Å². The highest BCUT2D eigenvalue weighted by Crippen LogP contribution is 2.26. The number of carbonyl (C=O) groups excluding carboxylic acids is 2. The van der Waals surface area contributed by atoms with Crippen LogP contribution in [0.5, 0.6) is 0 Å². The standard InChI is InChI=1S/C16H19BrN4O2S2/c1-3-10(4-2)14(23)19-15-20-21-16(25-15)24-9-13(22)18-12-7-5-11(17)6-8-12/h5-8,10H,3-4,9H2,1-2H3,(H,18,22)(H,19,20,23). The molecule has 0 saturated carbocycles. The van der Waals surface area contributed by atoms with E-state index in [2.05, 4.69) is 36.8 Å². The van der Waals surface area contributed by atoms with Crippen LogP contribution >= 0.6 is 39.0 Å². The summed E-state index contributed by atoms with van der Waals surface area (Å²) in [5.74, 6) is 0.0538. The van der Waals surface area contributed by atoms with Gasteiger partial charge in [-0.2, -0.15) is 0 Å². The van der Waals surface area contributed by atoms with Gasteiger partial charge in [-0.1, -0.05) is 52.9 Å². The number of rotatable bonds is 8. The van der Waals surface area contributed by atoms with Crippen molar-refractivity contribution in [3.63, 3.8) is 0 Å².